The molecule has 2 atom stereocenters. The van der Waals surface area contributed by atoms with Gasteiger partial charge in [-0.1, -0.05) is 0 Å². The number of alkyl halides is 5. The molecule has 224 valence electrons. The van der Waals surface area contributed by atoms with E-state index in [0.29, 0.717) is 19.3 Å². The van der Waals surface area contributed by atoms with Gasteiger partial charge in [0.15, 0.2) is 0 Å². The lowest BCUT2D eigenvalue weighted by molar-refractivity contribution is -0.145. The fourth-order valence-corrected chi connectivity index (χ4v) is 6.93. The molecule has 1 aliphatic heterocycles. The predicted octanol–water partition coefficient (Wildman–Crippen LogP) is 5.37. The lowest BCUT2D eigenvalue weighted by Gasteiger charge is -2.27. The van der Waals surface area contributed by atoms with Crippen LogP contribution in [0.25, 0.3) is 11.3 Å². The molecule has 3 heterocycles. The van der Waals surface area contributed by atoms with E-state index >= 15 is 0 Å². The highest BCUT2D eigenvalue weighted by Crippen LogP contribution is 2.45. The van der Waals surface area contributed by atoms with Crippen LogP contribution in [0, 0.1) is 5.82 Å². The first-order chi connectivity index (χ1) is 19.8. The van der Waals surface area contributed by atoms with E-state index in [1.807, 2.05) is 0 Å². The van der Waals surface area contributed by atoms with Crippen molar-refractivity contribution < 1.29 is 39.6 Å². The van der Waals surface area contributed by atoms with E-state index < -0.39 is 58.8 Å². The van der Waals surface area contributed by atoms with Crippen molar-refractivity contribution in [3.63, 3.8) is 0 Å². The number of pyridine rings is 1. The minimum Gasteiger partial charge on any atom is -0.351 e. The van der Waals surface area contributed by atoms with Gasteiger partial charge in [-0.05, 0) is 68.5 Å². The van der Waals surface area contributed by atoms with E-state index in [2.05, 4.69) is 20.3 Å². The van der Waals surface area contributed by atoms with Crippen molar-refractivity contribution in [2.45, 2.75) is 74.7 Å². The summed E-state index contributed by atoms with van der Waals surface area (Å²) in [4.78, 5) is 24.1. The average Bonchev–Trinajstić information content (AvgIpc) is 3.71. The van der Waals surface area contributed by atoms with E-state index in [9.17, 15) is 39.6 Å². The smallest absolute Gasteiger partial charge is 0.351 e. The van der Waals surface area contributed by atoms with Gasteiger partial charge in [-0.15, -0.1) is 0 Å². The van der Waals surface area contributed by atoms with E-state index in [1.54, 1.807) is 6.92 Å². The summed E-state index contributed by atoms with van der Waals surface area (Å²) < 4.78 is 108. The maximum Gasteiger partial charge on any atom is 0.451 e. The molecule has 2 fully saturated rings. The Labute approximate surface area is 237 Å². The molecule has 1 saturated carbocycles. The molecule has 5 rings (SSSR count). The Morgan fingerprint density at radius 1 is 1.07 bits per heavy atom. The van der Waals surface area contributed by atoms with Crippen LogP contribution in [-0.4, -0.2) is 45.7 Å². The fraction of sp³-hybridized carbons (Fsp3) is 0.407. The van der Waals surface area contributed by atoms with Crippen molar-refractivity contribution in [1.82, 2.24) is 24.6 Å². The highest BCUT2D eigenvalue weighted by atomic mass is 32.2. The molecule has 1 saturated heterocycles. The molecule has 8 nitrogen and oxygen atoms in total. The molecule has 42 heavy (non-hydrogen) atoms. The van der Waals surface area contributed by atoms with Gasteiger partial charge in [0.2, 0.25) is 21.8 Å². The normalized spacial score (nSPS) is 19.8. The Morgan fingerprint density at radius 2 is 1.71 bits per heavy atom. The van der Waals surface area contributed by atoms with E-state index in [4.69, 9.17) is 0 Å². The molecule has 1 N–H and O–H groups in total. The minimum absolute atomic E-state index is 0.0101. The summed E-state index contributed by atoms with van der Waals surface area (Å²) in [5.74, 6) is -2.98. The molecule has 3 aromatic rings. The summed E-state index contributed by atoms with van der Waals surface area (Å²) in [5.41, 5.74) is -0.176. The van der Waals surface area contributed by atoms with Gasteiger partial charge in [-0.25, -0.2) is 31.6 Å². The largest absolute Gasteiger partial charge is 0.451 e. The molecular formula is C27H25F6N5O3S. The Bertz CT molecular complexity index is 1580. The third kappa shape index (κ3) is 5.98. The zero-order chi connectivity index (χ0) is 30.4. The molecule has 15 heteroatoms. The van der Waals surface area contributed by atoms with Crippen LogP contribution < -0.4 is 5.32 Å². The first-order valence-electron chi connectivity index (χ1n) is 13.1. The van der Waals surface area contributed by atoms with E-state index in [0.717, 1.165) is 41.0 Å². The number of carbonyl (C=O) groups is 1. The lowest BCUT2D eigenvalue weighted by atomic mass is 10.0. The van der Waals surface area contributed by atoms with Crippen molar-refractivity contribution in [1.29, 1.82) is 0 Å². The zero-order valence-electron chi connectivity index (χ0n) is 22.1. The number of hydrogen-bond acceptors (Lipinski definition) is 6. The molecule has 0 spiro atoms. The number of halogens is 6. The highest BCUT2D eigenvalue weighted by Gasteiger charge is 2.44. The molecule has 2 aromatic heterocycles. The molecule has 0 unspecified atom stereocenters. The number of aromatic nitrogens is 3. The van der Waals surface area contributed by atoms with Crippen LogP contribution in [0.1, 0.15) is 67.6 Å². The number of nitrogens with one attached hydrogen (secondary N) is 1. The van der Waals surface area contributed by atoms with Gasteiger partial charge >= 0.3 is 6.18 Å². The first kappa shape index (κ1) is 29.9. The van der Waals surface area contributed by atoms with Gasteiger partial charge in [-0.2, -0.15) is 17.5 Å². The number of rotatable bonds is 8. The second-order valence-corrected chi connectivity index (χ2v) is 12.1. The number of hydrogen-bond donors (Lipinski definition) is 1. The summed E-state index contributed by atoms with van der Waals surface area (Å²) in [6.45, 7) is 1.22. The van der Waals surface area contributed by atoms with Crippen molar-refractivity contribution in [3.8, 4) is 11.3 Å². The third-order valence-electron chi connectivity index (χ3n) is 7.30. The Hall–Kier alpha value is -3.59. The van der Waals surface area contributed by atoms with E-state index in [1.165, 1.54) is 6.07 Å². The first-order valence-corrected chi connectivity index (χ1v) is 14.5. The van der Waals surface area contributed by atoms with Crippen LogP contribution in [-0.2, 0) is 27.5 Å². The monoisotopic (exact) mass is 613 g/mol. The van der Waals surface area contributed by atoms with Gasteiger partial charge < -0.3 is 5.32 Å². The topological polar surface area (TPSA) is 105 Å². The van der Waals surface area contributed by atoms with Crippen LogP contribution in [0.15, 0.2) is 47.6 Å². The summed E-state index contributed by atoms with van der Waals surface area (Å²) in [5, 5.41) is 2.57. The summed E-state index contributed by atoms with van der Waals surface area (Å²) in [6.07, 6.45) is -4.19. The second kappa shape index (κ2) is 11.2. The van der Waals surface area contributed by atoms with Crippen molar-refractivity contribution in [3.05, 3.63) is 71.2 Å². The third-order valence-corrected chi connectivity index (χ3v) is 9.34. The number of benzene rings is 1. The number of sulfonamides is 1. The molecule has 0 radical (unpaired) electrons. The average molecular weight is 614 g/mol. The van der Waals surface area contributed by atoms with Crippen molar-refractivity contribution >= 4 is 15.9 Å². The highest BCUT2D eigenvalue weighted by molar-refractivity contribution is 7.89. The van der Waals surface area contributed by atoms with Gasteiger partial charge in [0.25, 0.3) is 6.43 Å². The van der Waals surface area contributed by atoms with Crippen LogP contribution >= 0.6 is 0 Å². The second-order valence-electron chi connectivity index (χ2n) is 10.3. The Morgan fingerprint density at radius 3 is 2.29 bits per heavy atom. The van der Waals surface area contributed by atoms with Gasteiger partial charge in [0, 0.05) is 42.0 Å². The van der Waals surface area contributed by atoms with Crippen LogP contribution in [0.5, 0.6) is 0 Å². The maximum atomic E-state index is 14.3. The van der Waals surface area contributed by atoms with Gasteiger partial charge in [-0.3, -0.25) is 9.78 Å². The number of nitrogens with zero attached hydrogens (tertiary/aromatic N) is 4. The van der Waals surface area contributed by atoms with Crippen LogP contribution in [0.3, 0.4) is 0 Å². The summed E-state index contributed by atoms with van der Waals surface area (Å²) in [7, 11) is -4.19. The predicted molar refractivity (Wildman–Crippen MR) is 137 cm³/mol. The van der Waals surface area contributed by atoms with Crippen LogP contribution in [0.4, 0.5) is 26.3 Å². The molecule has 2 aliphatic rings. The lowest BCUT2D eigenvalue weighted by Crippen LogP contribution is -2.48. The van der Waals surface area contributed by atoms with Crippen LogP contribution in [0.2, 0.25) is 0 Å². The molecule has 1 amide bonds. The minimum atomic E-state index is -4.77. The molecule has 0 bridgehead atoms. The zero-order valence-corrected chi connectivity index (χ0v) is 22.9. The van der Waals surface area contributed by atoms with E-state index in [-0.39, 0.29) is 45.3 Å². The maximum absolute atomic E-state index is 14.3. The SMILES string of the molecule is C[C@H]1CC[C@@H](C(=O)NCc2cc(-c3cnc(C(F)(F)F)nc3)nc(C3CC3)c2C(F)F)N1S(=O)(=O)c1ccc(F)cc1. The Kier molecular flexibility index (Phi) is 8.00. The van der Waals surface area contributed by atoms with Crippen molar-refractivity contribution in [2.75, 3.05) is 0 Å². The standard InChI is InChI=1S/C27H25F6N5O3S/c1-14-2-9-21(38(14)42(40,41)19-7-5-18(28)6-8-19)25(39)34-11-16-10-20(17-12-35-26(36-13-17)27(31,32)33)37-23(15-3-4-15)22(16)24(29)30/h5-8,10,12-15,21,24H,2-4,9,11H2,1H3,(H,34,39)/t14-,21-/m0/s1. The Balaban J connectivity index is 1.43. The quantitative estimate of drug-likeness (QED) is 0.343. The number of carbonyl (C=O) groups excluding carboxylic acids is 1. The number of amides is 1. The fourth-order valence-electron chi connectivity index (χ4n) is 5.09. The molecule has 1 aliphatic carbocycles. The summed E-state index contributed by atoms with van der Waals surface area (Å²) in [6, 6.07) is 3.73. The van der Waals surface area contributed by atoms with Gasteiger partial charge in [0.05, 0.1) is 16.3 Å². The van der Waals surface area contributed by atoms with Crippen molar-refractivity contribution in [2.24, 2.45) is 0 Å². The summed E-state index contributed by atoms with van der Waals surface area (Å²) >= 11 is 0. The molecule has 1 aromatic carbocycles. The molecular weight excluding hydrogens is 588 g/mol. The van der Waals surface area contributed by atoms with Gasteiger partial charge in [0.1, 0.15) is 11.9 Å².